The molecule has 0 amide bonds. The molecular weight excluding hydrogens is 226 g/mol. The quantitative estimate of drug-likeness (QED) is 0.872. The van der Waals surface area contributed by atoms with E-state index in [2.05, 4.69) is 32.0 Å². The Kier molecular flexibility index (Phi) is 4.52. The Morgan fingerprint density at radius 1 is 1.35 bits per heavy atom. The van der Waals surface area contributed by atoms with Gasteiger partial charge in [-0.15, -0.1) is 11.8 Å². The van der Waals surface area contributed by atoms with Gasteiger partial charge in [-0.1, -0.05) is 37.5 Å². The molecule has 1 aromatic carbocycles. The van der Waals surface area contributed by atoms with Crippen LogP contribution in [0.2, 0.25) is 0 Å². The molecule has 2 atom stereocenters. The molecule has 0 aromatic heterocycles. The third-order valence-corrected chi connectivity index (χ3v) is 5.03. The molecule has 94 valence electrons. The van der Waals surface area contributed by atoms with E-state index in [0.717, 1.165) is 11.2 Å². The maximum Gasteiger partial charge on any atom is 0.0189 e. The number of thioether (sulfide) groups is 1. The van der Waals surface area contributed by atoms with Gasteiger partial charge in [0.25, 0.3) is 0 Å². The first-order valence-electron chi connectivity index (χ1n) is 6.65. The molecule has 1 nitrogen and oxygen atoms in total. The van der Waals surface area contributed by atoms with Crippen LogP contribution in [0.5, 0.6) is 0 Å². The number of hydrogen-bond donors (Lipinski definition) is 1. The Bertz CT molecular complexity index is 375. The zero-order chi connectivity index (χ0) is 12.3. The molecule has 0 saturated heterocycles. The first kappa shape index (κ1) is 13.0. The third-order valence-electron chi connectivity index (χ3n) is 3.62. The van der Waals surface area contributed by atoms with E-state index >= 15 is 0 Å². The molecule has 1 aromatic rings. The summed E-state index contributed by atoms with van der Waals surface area (Å²) in [5.74, 6) is 0.896. The topological polar surface area (TPSA) is 26.0 Å². The first-order valence-corrected chi connectivity index (χ1v) is 7.53. The highest BCUT2D eigenvalue weighted by molar-refractivity contribution is 8.00. The fourth-order valence-corrected chi connectivity index (χ4v) is 4.16. The molecule has 1 aliphatic carbocycles. The molecule has 0 heterocycles. The second kappa shape index (κ2) is 5.92. The smallest absolute Gasteiger partial charge is 0.0189 e. The molecule has 2 heteroatoms. The Hall–Kier alpha value is -0.470. The molecule has 0 radical (unpaired) electrons. The van der Waals surface area contributed by atoms with Gasteiger partial charge >= 0.3 is 0 Å². The number of rotatable bonds is 3. The van der Waals surface area contributed by atoms with Crippen LogP contribution in [0.25, 0.3) is 0 Å². The molecule has 0 bridgehead atoms. The van der Waals surface area contributed by atoms with Crippen molar-refractivity contribution in [2.45, 2.75) is 56.2 Å². The van der Waals surface area contributed by atoms with Gasteiger partial charge in [0.2, 0.25) is 0 Å². The van der Waals surface area contributed by atoms with Crippen LogP contribution in [0, 0.1) is 12.8 Å². The average molecular weight is 249 g/mol. The summed E-state index contributed by atoms with van der Waals surface area (Å²) in [5.41, 5.74) is 8.46. The predicted octanol–water partition coefficient (Wildman–Crippen LogP) is 4.12. The number of nitrogens with two attached hydrogens (primary N) is 1. The van der Waals surface area contributed by atoms with E-state index in [1.54, 1.807) is 0 Å². The molecule has 17 heavy (non-hydrogen) atoms. The van der Waals surface area contributed by atoms with Gasteiger partial charge in [-0.25, -0.2) is 0 Å². The van der Waals surface area contributed by atoms with Crippen molar-refractivity contribution in [2.75, 3.05) is 0 Å². The summed E-state index contributed by atoms with van der Waals surface area (Å²) in [6, 6.07) is 6.68. The van der Waals surface area contributed by atoms with Crippen LogP contribution in [0.15, 0.2) is 23.1 Å². The summed E-state index contributed by atoms with van der Waals surface area (Å²) in [5, 5.41) is 0.798. The summed E-state index contributed by atoms with van der Waals surface area (Å²) in [6.07, 6.45) is 5.53. The van der Waals surface area contributed by atoms with Crippen molar-refractivity contribution in [1.82, 2.24) is 0 Å². The lowest BCUT2D eigenvalue weighted by Gasteiger charge is -2.26. The molecule has 2 N–H and O–H groups in total. The maximum absolute atomic E-state index is 5.84. The van der Waals surface area contributed by atoms with Crippen LogP contribution in [0.4, 0.5) is 0 Å². The van der Waals surface area contributed by atoms with Gasteiger partial charge in [-0.2, -0.15) is 0 Å². The molecule has 0 spiro atoms. The normalized spacial score (nSPS) is 24.9. The molecule has 2 rings (SSSR count). The predicted molar refractivity (Wildman–Crippen MR) is 76.3 cm³/mol. The Morgan fingerprint density at radius 3 is 2.88 bits per heavy atom. The van der Waals surface area contributed by atoms with Crippen LogP contribution in [0.1, 0.15) is 43.7 Å². The minimum Gasteiger partial charge on any atom is -0.326 e. The highest BCUT2D eigenvalue weighted by atomic mass is 32.2. The average Bonchev–Trinajstić information content (AvgIpc) is 2.31. The Labute approximate surface area is 109 Å². The second-order valence-corrected chi connectivity index (χ2v) is 6.67. The summed E-state index contributed by atoms with van der Waals surface area (Å²) in [6.45, 7) is 5.17. The molecule has 1 fully saturated rings. The van der Waals surface area contributed by atoms with Gasteiger partial charge in [-0.05, 0) is 37.3 Å². The van der Waals surface area contributed by atoms with Crippen molar-refractivity contribution >= 4 is 11.8 Å². The fraction of sp³-hybridized carbons (Fsp3) is 0.600. The van der Waals surface area contributed by atoms with Crippen molar-refractivity contribution in [1.29, 1.82) is 0 Å². The largest absolute Gasteiger partial charge is 0.326 e. The van der Waals surface area contributed by atoms with E-state index in [1.807, 2.05) is 11.8 Å². The zero-order valence-electron chi connectivity index (χ0n) is 10.9. The van der Waals surface area contributed by atoms with Gasteiger partial charge in [0.15, 0.2) is 0 Å². The van der Waals surface area contributed by atoms with Gasteiger partial charge in [0, 0.05) is 16.7 Å². The lowest BCUT2D eigenvalue weighted by Crippen LogP contribution is -2.15. The van der Waals surface area contributed by atoms with Gasteiger partial charge in [0.1, 0.15) is 0 Å². The van der Waals surface area contributed by atoms with E-state index in [9.17, 15) is 0 Å². The summed E-state index contributed by atoms with van der Waals surface area (Å²) in [7, 11) is 0. The number of benzene rings is 1. The SMILES string of the molecule is Cc1ccc(SC2CCCC(C)C2)c(CN)c1. The summed E-state index contributed by atoms with van der Waals surface area (Å²) in [4.78, 5) is 1.40. The summed E-state index contributed by atoms with van der Waals surface area (Å²) >= 11 is 2.05. The van der Waals surface area contributed by atoms with Gasteiger partial charge in [-0.3, -0.25) is 0 Å². The Morgan fingerprint density at radius 2 is 2.18 bits per heavy atom. The highest BCUT2D eigenvalue weighted by Gasteiger charge is 2.20. The fourth-order valence-electron chi connectivity index (χ4n) is 2.65. The van der Waals surface area contributed by atoms with E-state index in [4.69, 9.17) is 5.73 Å². The van der Waals surface area contributed by atoms with Crippen molar-refractivity contribution in [2.24, 2.45) is 11.7 Å². The van der Waals surface area contributed by atoms with Crippen molar-refractivity contribution in [3.63, 3.8) is 0 Å². The molecule has 1 saturated carbocycles. The molecule has 0 aliphatic heterocycles. The van der Waals surface area contributed by atoms with Crippen molar-refractivity contribution < 1.29 is 0 Å². The molecule has 2 unspecified atom stereocenters. The molecule has 1 aliphatic rings. The van der Waals surface area contributed by atoms with Gasteiger partial charge in [0.05, 0.1) is 0 Å². The van der Waals surface area contributed by atoms with Crippen LogP contribution in [-0.4, -0.2) is 5.25 Å². The summed E-state index contributed by atoms with van der Waals surface area (Å²) < 4.78 is 0. The van der Waals surface area contributed by atoms with E-state index in [-0.39, 0.29) is 0 Å². The monoisotopic (exact) mass is 249 g/mol. The van der Waals surface area contributed by atoms with E-state index in [1.165, 1.54) is 41.7 Å². The van der Waals surface area contributed by atoms with Crippen LogP contribution in [-0.2, 0) is 6.54 Å². The number of hydrogen-bond acceptors (Lipinski definition) is 2. The van der Waals surface area contributed by atoms with E-state index < -0.39 is 0 Å². The molecular formula is C15H23NS. The lowest BCUT2D eigenvalue weighted by atomic mass is 9.91. The van der Waals surface area contributed by atoms with Crippen LogP contribution < -0.4 is 5.73 Å². The zero-order valence-corrected chi connectivity index (χ0v) is 11.7. The van der Waals surface area contributed by atoms with E-state index in [0.29, 0.717) is 6.54 Å². The van der Waals surface area contributed by atoms with Gasteiger partial charge < -0.3 is 5.73 Å². The standard InChI is InChI=1S/C15H23NS/c1-11-4-3-5-14(9-11)17-15-7-6-12(2)8-13(15)10-16/h6-8,11,14H,3-5,9-10,16H2,1-2H3. The first-order chi connectivity index (χ1) is 8.19. The maximum atomic E-state index is 5.84. The highest BCUT2D eigenvalue weighted by Crippen LogP contribution is 2.37. The lowest BCUT2D eigenvalue weighted by molar-refractivity contribution is 0.394. The van der Waals surface area contributed by atoms with Crippen molar-refractivity contribution in [3.05, 3.63) is 29.3 Å². The third kappa shape index (κ3) is 3.49. The number of aryl methyl sites for hydroxylation is 1. The van der Waals surface area contributed by atoms with Crippen molar-refractivity contribution in [3.8, 4) is 0 Å². The second-order valence-electron chi connectivity index (χ2n) is 5.33. The Balaban J connectivity index is 2.07. The minimum absolute atomic E-state index is 0.659. The van der Waals surface area contributed by atoms with Crippen LogP contribution >= 0.6 is 11.8 Å². The van der Waals surface area contributed by atoms with Crippen LogP contribution in [0.3, 0.4) is 0 Å². The minimum atomic E-state index is 0.659.